The molecule has 20 heavy (non-hydrogen) atoms. The molecule has 0 bridgehead atoms. The van der Waals surface area contributed by atoms with Crippen LogP contribution in [0.1, 0.15) is 31.7 Å². The summed E-state index contributed by atoms with van der Waals surface area (Å²) in [5.41, 5.74) is 8.18. The van der Waals surface area contributed by atoms with Gasteiger partial charge >= 0.3 is 0 Å². The molecule has 1 saturated heterocycles. The lowest BCUT2D eigenvalue weighted by molar-refractivity contribution is -0.127. The highest BCUT2D eigenvalue weighted by Gasteiger charge is 2.17. The molecular weight excluding hydrogens is 252 g/mol. The summed E-state index contributed by atoms with van der Waals surface area (Å²) in [5.74, 6) is 0.833. The molecule has 1 aliphatic rings. The molecule has 0 saturated carbocycles. The molecule has 1 aliphatic heterocycles. The molecular formula is C16H22N2O2. The summed E-state index contributed by atoms with van der Waals surface area (Å²) in [6.45, 7) is 3.57. The lowest BCUT2D eigenvalue weighted by Gasteiger charge is -2.27. The molecule has 1 amide bonds. The maximum atomic E-state index is 12.3. The van der Waals surface area contributed by atoms with Gasteiger partial charge in [0, 0.05) is 30.4 Å². The number of methoxy groups -OCH3 is 1. The quantitative estimate of drug-likeness (QED) is 0.681. The van der Waals surface area contributed by atoms with Crippen LogP contribution in [0.4, 0.5) is 5.69 Å². The third-order valence-electron chi connectivity index (χ3n) is 3.65. The minimum atomic E-state index is 0.111. The zero-order chi connectivity index (χ0) is 14.5. The van der Waals surface area contributed by atoms with Crippen LogP contribution in [0, 0.1) is 0 Å². The second-order valence-electron chi connectivity index (χ2n) is 5.18. The van der Waals surface area contributed by atoms with Gasteiger partial charge in [-0.1, -0.05) is 0 Å². The largest absolute Gasteiger partial charge is 0.497 e. The fraction of sp³-hybridized carbons (Fsp3) is 0.438. The van der Waals surface area contributed by atoms with E-state index in [1.54, 1.807) is 13.2 Å². The Morgan fingerprint density at radius 1 is 1.30 bits per heavy atom. The standard InChI is InChI=1S/C16H22N2O2/c1-12(16(19)18-8-4-3-5-9-18)10-13-6-7-14(20-2)11-15(13)17/h6-7,10-11H,3-5,8-9,17H2,1-2H3/b12-10+. The number of likely N-dealkylation sites (tertiary alicyclic amines) is 1. The van der Waals surface area contributed by atoms with Crippen molar-refractivity contribution in [1.82, 2.24) is 4.90 Å². The van der Waals surface area contributed by atoms with E-state index >= 15 is 0 Å². The Bertz CT molecular complexity index is 517. The van der Waals surface area contributed by atoms with Gasteiger partial charge in [-0.05, 0) is 50.0 Å². The number of benzene rings is 1. The SMILES string of the molecule is COc1ccc(/C=C(\C)C(=O)N2CCCCC2)c(N)c1. The molecule has 1 aromatic carbocycles. The number of rotatable bonds is 3. The van der Waals surface area contributed by atoms with Gasteiger partial charge < -0.3 is 15.4 Å². The smallest absolute Gasteiger partial charge is 0.249 e. The molecule has 0 atom stereocenters. The molecule has 0 spiro atoms. The van der Waals surface area contributed by atoms with E-state index in [0.29, 0.717) is 5.69 Å². The van der Waals surface area contributed by atoms with Gasteiger partial charge in [0.05, 0.1) is 7.11 Å². The summed E-state index contributed by atoms with van der Waals surface area (Å²) >= 11 is 0. The Hall–Kier alpha value is -1.97. The summed E-state index contributed by atoms with van der Waals surface area (Å²) in [7, 11) is 1.61. The van der Waals surface area contributed by atoms with Crippen molar-refractivity contribution in [3.8, 4) is 5.75 Å². The van der Waals surface area contributed by atoms with Crippen LogP contribution in [0.2, 0.25) is 0 Å². The minimum Gasteiger partial charge on any atom is -0.497 e. The van der Waals surface area contributed by atoms with E-state index in [4.69, 9.17) is 10.5 Å². The van der Waals surface area contributed by atoms with Gasteiger partial charge in [0.1, 0.15) is 5.75 Å². The average Bonchev–Trinajstić information content (AvgIpc) is 2.49. The van der Waals surface area contributed by atoms with Crippen LogP contribution < -0.4 is 10.5 Å². The first-order chi connectivity index (χ1) is 9.61. The number of anilines is 1. The van der Waals surface area contributed by atoms with Crippen molar-refractivity contribution in [3.05, 3.63) is 29.3 Å². The van der Waals surface area contributed by atoms with E-state index < -0.39 is 0 Å². The summed E-state index contributed by atoms with van der Waals surface area (Å²) < 4.78 is 5.12. The Morgan fingerprint density at radius 3 is 2.60 bits per heavy atom. The van der Waals surface area contributed by atoms with Crippen molar-refractivity contribution < 1.29 is 9.53 Å². The van der Waals surface area contributed by atoms with Crippen LogP contribution in [0.15, 0.2) is 23.8 Å². The molecule has 2 N–H and O–H groups in total. The number of hydrogen-bond donors (Lipinski definition) is 1. The van der Waals surface area contributed by atoms with E-state index in [1.165, 1.54) is 6.42 Å². The number of hydrogen-bond acceptors (Lipinski definition) is 3. The second-order valence-corrected chi connectivity index (χ2v) is 5.18. The summed E-state index contributed by atoms with van der Waals surface area (Å²) in [5, 5.41) is 0. The Kier molecular flexibility index (Phi) is 4.66. The first kappa shape index (κ1) is 14.4. The van der Waals surface area contributed by atoms with Crippen LogP contribution >= 0.6 is 0 Å². The van der Waals surface area contributed by atoms with E-state index in [1.807, 2.05) is 30.0 Å². The van der Waals surface area contributed by atoms with Gasteiger partial charge in [-0.3, -0.25) is 4.79 Å². The van der Waals surface area contributed by atoms with Gasteiger partial charge in [-0.2, -0.15) is 0 Å². The maximum absolute atomic E-state index is 12.3. The van der Waals surface area contributed by atoms with E-state index in [9.17, 15) is 4.79 Å². The Morgan fingerprint density at radius 2 is 2.00 bits per heavy atom. The molecule has 1 aromatic rings. The number of nitrogens with zero attached hydrogens (tertiary/aromatic N) is 1. The minimum absolute atomic E-state index is 0.111. The Labute approximate surface area is 120 Å². The van der Waals surface area contributed by atoms with Crippen LogP contribution in [0.3, 0.4) is 0 Å². The van der Waals surface area contributed by atoms with E-state index in [0.717, 1.165) is 42.8 Å². The van der Waals surface area contributed by atoms with Crippen molar-refractivity contribution >= 4 is 17.7 Å². The number of amides is 1. The number of nitrogen functional groups attached to an aromatic ring is 1. The number of ether oxygens (including phenoxy) is 1. The lowest BCUT2D eigenvalue weighted by atomic mass is 10.1. The Balaban J connectivity index is 2.14. The van der Waals surface area contributed by atoms with E-state index in [-0.39, 0.29) is 5.91 Å². The predicted octanol–water partition coefficient (Wildman–Crippen LogP) is 2.69. The van der Waals surface area contributed by atoms with Gasteiger partial charge in [0.15, 0.2) is 0 Å². The molecule has 1 fully saturated rings. The first-order valence-corrected chi connectivity index (χ1v) is 7.03. The third kappa shape index (κ3) is 3.32. The van der Waals surface area contributed by atoms with Crippen molar-refractivity contribution in [2.45, 2.75) is 26.2 Å². The maximum Gasteiger partial charge on any atom is 0.249 e. The normalized spacial score (nSPS) is 16.1. The third-order valence-corrected chi connectivity index (χ3v) is 3.65. The van der Waals surface area contributed by atoms with Crippen molar-refractivity contribution in [2.75, 3.05) is 25.9 Å². The topological polar surface area (TPSA) is 55.6 Å². The zero-order valence-corrected chi connectivity index (χ0v) is 12.2. The van der Waals surface area contributed by atoms with Crippen molar-refractivity contribution in [2.24, 2.45) is 0 Å². The summed E-state index contributed by atoms with van der Waals surface area (Å²) in [4.78, 5) is 14.3. The van der Waals surface area contributed by atoms with Crippen LogP contribution in [-0.2, 0) is 4.79 Å². The molecule has 2 rings (SSSR count). The second kappa shape index (κ2) is 6.46. The highest BCUT2D eigenvalue weighted by Crippen LogP contribution is 2.22. The molecule has 0 unspecified atom stereocenters. The van der Waals surface area contributed by atoms with Crippen molar-refractivity contribution in [1.29, 1.82) is 0 Å². The molecule has 4 heteroatoms. The summed E-state index contributed by atoms with van der Waals surface area (Å²) in [6, 6.07) is 5.49. The van der Waals surface area contributed by atoms with Gasteiger partial charge in [-0.15, -0.1) is 0 Å². The number of carbonyl (C=O) groups is 1. The monoisotopic (exact) mass is 274 g/mol. The molecule has 4 nitrogen and oxygen atoms in total. The average molecular weight is 274 g/mol. The van der Waals surface area contributed by atoms with Crippen molar-refractivity contribution in [3.63, 3.8) is 0 Å². The highest BCUT2D eigenvalue weighted by atomic mass is 16.5. The molecule has 0 aromatic heterocycles. The molecule has 1 heterocycles. The van der Waals surface area contributed by atoms with E-state index in [2.05, 4.69) is 0 Å². The van der Waals surface area contributed by atoms with Crippen LogP contribution in [0.5, 0.6) is 5.75 Å². The zero-order valence-electron chi connectivity index (χ0n) is 12.2. The number of nitrogens with two attached hydrogens (primary N) is 1. The highest BCUT2D eigenvalue weighted by molar-refractivity contribution is 5.98. The molecule has 0 radical (unpaired) electrons. The van der Waals surface area contributed by atoms with Gasteiger partial charge in [0.2, 0.25) is 5.91 Å². The van der Waals surface area contributed by atoms with Gasteiger partial charge in [0.25, 0.3) is 0 Å². The number of piperidine rings is 1. The summed E-state index contributed by atoms with van der Waals surface area (Å²) in [6.07, 6.45) is 5.27. The van der Waals surface area contributed by atoms with Gasteiger partial charge in [-0.25, -0.2) is 0 Å². The predicted molar refractivity (Wildman–Crippen MR) is 81.5 cm³/mol. The fourth-order valence-corrected chi connectivity index (χ4v) is 2.45. The first-order valence-electron chi connectivity index (χ1n) is 7.03. The molecule has 108 valence electrons. The number of carbonyl (C=O) groups excluding carboxylic acids is 1. The molecule has 0 aliphatic carbocycles. The van der Waals surface area contributed by atoms with Crippen LogP contribution in [-0.4, -0.2) is 31.0 Å². The fourth-order valence-electron chi connectivity index (χ4n) is 2.45. The lowest BCUT2D eigenvalue weighted by Crippen LogP contribution is -2.36. The van der Waals surface area contributed by atoms with Crippen LogP contribution in [0.25, 0.3) is 6.08 Å².